The molecular formula is C22H10ClF6NO3. The Morgan fingerprint density at radius 2 is 1.45 bits per heavy atom. The molecular weight excluding hydrogens is 476 g/mol. The van der Waals surface area contributed by atoms with Gasteiger partial charge in [0.1, 0.15) is 11.5 Å². The Hall–Kier alpha value is -3.53. The van der Waals surface area contributed by atoms with Crippen LogP contribution in [0.15, 0.2) is 59.0 Å². The lowest BCUT2D eigenvalue weighted by Crippen LogP contribution is -2.11. The molecule has 0 unspecified atom stereocenters. The van der Waals surface area contributed by atoms with Gasteiger partial charge in [0.05, 0.1) is 22.2 Å². The molecule has 11 heteroatoms. The average molecular weight is 486 g/mol. The van der Waals surface area contributed by atoms with Crippen LogP contribution in [0.3, 0.4) is 0 Å². The second kappa shape index (κ2) is 7.80. The Morgan fingerprint density at radius 3 is 2.03 bits per heavy atom. The molecule has 0 amide bonds. The van der Waals surface area contributed by atoms with Crippen molar-refractivity contribution >= 4 is 28.5 Å². The zero-order chi connectivity index (χ0) is 24.1. The molecule has 33 heavy (non-hydrogen) atoms. The third-order valence-corrected chi connectivity index (χ3v) is 4.97. The van der Waals surface area contributed by atoms with Crippen LogP contribution >= 0.6 is 11.6 Å². The number of alkyl halides is 6. The summed E-state index contributed by atoms with van der Waals surface area (Å²) in [5, 5.41) is 10.1. The van der Waals surface area contributed by atoms with Crippen LogP contribution in [0.5, 0.6) is 0 Å². The normalized spacial score (nSPS) is 12.3. The third kappa shape index (κ3) is 4.51. The Kier molecular flexibility index (Phi) is 5.36. The molecule has 1 N–H and O–H groups in total. The Labute approximate surface area is 186 Å². The van der Waals surface area contributed by atoms with Gasteiger partial charge < -0.3 is 9.52 Å². The first-order valence-electron chi connectivity index (χ1n) is 9.06. The van der Waals surface area contributed by atoms with Crippen molar-refractivity contribution in [3.05, 3.63) is 76.3 Å². The molecule has 4 rings (SSSR count). The highest BCUT2D eigenvalue weighted by atomic mass is 35.5. The molecule has 2 aromatic carbocycles. The molecule has 170 valence electrons. The van der Waals surface area contributed by atoms with Crippen molar-refractivity contribution < 1.29 is 40.7 Å². The van der Waals surface area contributed by atoms with Gasteiger partial charge in [0.15, 0.2) is 5.76 Å². The summed E-state index contributed by atoms with van der Waals surface area (Å²) in [6.45, 7) is 0. The highest BCUT2D eigenvalue weighted by Gasteiger charge is 2.37. The SMILES string of the molecule is O=C(O)c1cc(-c2ccc(-c3cc(C(F)(F)F)cc(C(F)(F)F)c3)o2)nc2ccc(Cl)cc12. The van der Waals surface area contributed by atoms with Gasteiger partial charge in [-0.3, -0.25) is 0 Å². The van der Waals surface area contributed by atoms with Gasteiger partial charge >= 0.3 is 18.3 Å². The van der Waals surface area contributed by atoms with Crippen LogP contribution in [0.2, 0.25) is 5.02 Å². The highest BCUT2D eigenvalue weighted by Crippen LogP contribution is 2.39. The maximum Gasteiger partial charge on any atom is 0.416 e. The smallest absolute Gasteiger partial charge is 0.416 e. The molecule has 0 spiro atoms. The fourth-order valence-electron chi connectivity index (χ4n) is 3.23. The van der Waals surface area contributed by atoms with Crippen molar-refractivity contribution in [2.75, 3.05) is 0 Å². The first-order chi connectivity index (χ1) is 15.3. The first kappa shape index (κ1) is 22.7. The number of hydrogen-bond acceptors (Lipinski definition) is 3. The minimum absolute atomic E-state index is 0.0164. The van der Waals surface area contributed by atoms with Crippen LogP contribution in [0.4, 0.5) is 26.3 Å². The number of furan rings is 1. The predicted octanol–water partition coefficient (Wildman–Crippen LogP) is 7.55. The number of pyridine rings is 1. The van der Waals surface area contributed by atoms with Crippen LogP contribution in [0, 0.1) is 0 Å². The van der Waals surface area contributed by atoms with Crippen molar-refractivity contribution in [2.24, 2.45) is 0 Å². The van der Waals surface area contributed by atoms with Crippen molar-refractivity contribution in [3.63, 3.8) is 0 Å². The maximum absolute atomic E-state index is 13.1. The van der Waals surface area contributed by atoms with E-state index in [0.29, 0.717) is 12.1 Å². The number of aromatic carboxylic acids is 1. The largest absolute Gasteiger partial charge is 0.478 e. The molecule has 0 aliphatic rings. The van der Waals surface area contributed by atoms with Crippen LogP contribution in [-0.4, -0.2) is 16.1 Å². The number of rotatable bonds is 3. The number of nitrogens with zero attached hydrogens (tertiary/aromatic N) is 1. The maximum atomic E-state index is 13.1. The summed E-state index contributed by atoms with van der Waals surface area (Å²) in [6.07, 6.45) is -10.0. The number of halogens is 7. The summed E-state index contributed by atoms with van der Waals surface area (Å²) in [5.41, 5.74) is -3.30. The molecule has 4 aromatic rings. The van der Waals surface area contributed by atoms with Crippen LogP contribution < -0.4 is 0 Å². The van der Waals surface area contributed by atoms with Crippen molar-refractivity contribution in [1.29, 1.82) is 0 Å². The van der Waals surface area contributed by atoms with E-state index >= 15 is 0 Å². The number of fused-ring (bicyclic) bond motifs is 1. The van der Waals surface area contributed by atoms with Gasteiger partial charge in [-0.2, -0.15) is 26.3 Å². The van der Waals surface area contributed by atoms with E-state index in [1.54, 1.807) is 0 Å². The Balaban J connectivity index is 1.84. The van der Waals surface area contributed by atoms with Crippen molar-refractivity contribution in [1.82, 2.24) is 4.98 Å². The molecule has 0 aliphatic carbocycles. The van der Waals surface area contributed by atoms with Crippen molar-refractivity contribution in [3.8, 4) is 22.8 Å². The van der Waals surface area contributed by atoms with E-state index in [0.717, 1.165) is 0 Å². The molecule has 0 bridgehead atoms. The minimum Gasteiger partial charge on any atom is -0.478 e. The standard InChI is InChI=1S/C22H10ClF6NO3/c23-13-1-2-16-14(8-13)15(20(31)32)9-17(30-16)19-4-3-18(33-19)10-5-11(21(24,25)26)7-12(6-10)22(27,28)29/h1-9H,(H,31,32). The second-order valence-electron chi connectivity index (χ2n) is 6.98. The summed E-state index contributed by atoms with van der Waals surface area (Å²) < 4.78 is 84.4. The van der Waals surface area contributed by atoms with E-state index in [1.807, 2.05) is 0 Å². The van der Waals surface area contributed by atoms with Gasteiger partial charge in [0.2, 0.25) is 0 Å². The number of carbonyl (C=O) groups is 1. The number of carboxylic acid groups (broad SMARTS) is 1. The minimum atomic E-state index is -5.01. The van der Waals surface area contributed by atoms with Gasteiger partial charge in [0.25, 0.3) is 0 Å². The van der Waals surface area contributed by atoms with E-state index in [1.165, 1.54) is 36.4 Å². The Bertz CT molecular complexity index is 1360. The van der Waals surface area contributed by atoms with E-state index < -0.39 is 35.0 Å². The van der Waals surface area contributed by atoms with Crippen LogP contribution in [0.25, 0.3) is 33.7 Å². The molecule has 0 atom stereocenters. The second-order valence-corrected chi connectivity index (χ2v) is 7.42. The third-order valence-electron chi connectivity index (χ3n) is 4.73. The van der Waals surface area contributed by atoms with Gasteiger partial charge in [-0.15, -0.1) is 0 Å². The summed E-state index contributed by atoms with van der Waals surface area (Å²) in [7, 11) is 0. The zero-order valence-electron chi connectivity index (χ0n) is 16.1. The quantitative estimate of drug-likeness (QED) is 0.304. The van der Waals surface area contributed by atoms with Gasteiger partial charge in [-0.25, -0.2) is 9.78 Å². The topological polar surface area (TPSA) is 63.3 Å². The van der Waals surface area contributed by atoms with Crippen molar-refractivity contribution in [2.45, 2.75) is 12.4 Å². The predicted molar refractivity (Wildman–Crippen MR) is 107 cm³/mol. The summed E-state index contributed by atoms with van der Waals surface area (Å²) >= 11 is 5.91. The van der Waals surface area contributed by atoms with Gasteiger partial charge in [-0.1, -0.05) is 11.6 Å². The zero-order valence-corrected chi connectivity index (χ0v) is 16.8. The molecule has 0 fully saturated rings. The average Bonchev–Trinajstić information content (AvgIpc) is 3.21. The number of aromatic nitrogens is 1. The van der Waals surface area contributed by atoms with E-state index in [2.05, 4.69) is 4.98 Å². The van der Waals surface area contributed by atoms with Gasteiger partial charge in [-0.05, 0) is 54.6 Å². The molecule has 0 saturated carbocycles. The van der Waals surface area contributed by atoms with E-state index in [4.69, 9.17) is 16.0 Å². The molecule has 0 saturated heterocycles. The molecule has 4 nitrogen and oxygen atoms in total. The lowest BCUT2D eigenvalue weighted by atomic mass is 10.0. The lowest BCUT2D eigenvalue weighted by molar-refractivity contribution is -0.143. The summed E-state index contributed by atoms with van der Waals surface area (Å²) in [4.78, 5) is 16.0. The highest BCUT2D eigenvalue weighted by molar-refractivity contribution is 6.31. The number of benzene rings is 2. The Morgan fingerprint density at radius 1 is 0.848 bits per heavy atom. The monoisotopic (exact) mass is 485 g/mol. The first-order valence-corrected chi connectivity index (χ1v) is 9.44. The summed E-state index contributed by atoms with van der Waals surface area (Å²) in [5.74, 6) is -1.61. The number of hydrogen-bond donors (Lipinski definition) is 1. The van der Waals surface area contributed by atoms with Crippen LogP contribution in [-0.2, 0) is 12.4 Å². The molecule has 2 heterocycles. The lowest BCUT2D eigenvalue weighted by Gasteiger charge is -2.13. The summed E-state index contributed by atoms with van der Waals surface area (Å²) in [6, 6.07) is 9.09. The fourth-order valence-corrected chi connectivity index (χ4v) is 3.40. The molecule has 0 aliphatic heterocycles. The van der Waals surface area contributed by atoms with Crippen LogP contribution in [0.1, 0.15) is 21.5 Å². The number of carboxylic acids is 1. The van der Waals surface area contributed by atoms with E-state index in [-0.39, 0.29) is 44.8 Å². The fraction of sp³-hybridized carbons (Fsp3) is 0.0909. The molecule has 2 aromatic heterocycles. The van der Waals surface area contributed by atoms with E-state index in [9.17, 15) is 36.2 Å². The molecule has 0 radical (unpaired) electrons. The van der Waals surface area contributed by atoms with Gasteiger partial charge in [0, 0.05) is 16.0 Å².